The maximum atomic E-state index is 5.99. The second-order valence-electron chi connectivity index (χ2n) is 5.19. The Hall–Kier alpha value is -2.85. The molecule has 5 heteroatoms. The summed E-state index contributed by atoms with van der Waals surface area (Å²) in [6.07, 6.45) is 3.59. The lowest BCUT2D eigenvalue weighted by Gasteiger charge is -2.05. The van der Waals surface area contributed by atoms with Crippen molar-refractivity contribution in [2.45, 2.75) is 0 Å². The Morgan fingerprint density at radius 2 is 1.61 bits per heavy atom. The molecule has 0 aliphatic heterocycles. The lowest BCUT2D eigenvalue weighted by Crippen LogP contribution is -1.91. The predicted molar refractivity (Wildman–Crippen MR) is 94.1 cm³/mol. The van der Waals surface area contributed by atoms with E-state index in [9.17, 15) is 0 Å². The number of aromatic nitrogens is 3. The van der Waals surface area contributed by atoms with Gasteiger partial charge >= 0.3 is 0 Å². The van der Waals surface area contributed by atoms with Gasteiger partial charge in [0.05, 0.1) is 11.0 Å². The van der Waals surface area contributed by atoms with Crippen LogP contribution >= 0.6 is 11.6 Å². The number of H-pyrrole nitrogens is 1. The van der Waals surface area contributed by atoms with Gasteiger partial charge in [-0.3, -0.25) is 4.98 Å². The van der Waals surface area contributed by atoms with Gasteiger partial charge in [-0.15, -0.1) is 0 Å². The van der Waals surface area contributed by atoms with Crippen LogP contribution in [0, 0.1) is 0 Å². The quantitative estimate of drug-likeness (QED) is 0.557. The average molecular weight is 321 g/mol. The minimum Gasteiger partial charge on any atom is -0.326 e. The highest BCUT2D eigenvalue weighted by Gasteiger charge is 2.04. The number of anilines is 2. The van der Waals surface area contributed by atoms with Gasteiger partial charge in [-0.25, -0.2) is 4.98 Å². The molecule has 23 heavy (non-hydrogen) atoms. The molecule has 0 atom stereocenters. The van der Waals surface area contributed by atoms with E-state index in [-0.39, 0.29) is 0 Å². The fourth-order valence-corrected chi connectivity index (χ4v) is 2.64. The van der Waals surface area contributed by atoms with Gasteiger partial charge in [-0.1, -0.05) is 23.7 Å². The number of fused-ring (bicyclic) bond motifs is 1. The molecular weight excluding hydrogens is 308 g/mol. The van der Waals surface area contributed by atoms with E-state index in [1.807, 2.05) is 42.5 Å². The molecule has 112 valence electrons. The Morgan fingerprint density at radius 1 is 0.870 bits per heavy atom. The van der Waals surface area contributed by atoms with Gasteiger partial charge in [0.15, 0.2) is 0 Å². The van der Waals surface area contributed by atoms with E-state index in [0.29, 0.717) is 11.0 Å². The molecule has 0 bridgehead atoms. The molecule has 0 amide bonds. The maximum Gasteiger partial charge on any atom is 0.205 e. The summed E-state index contributed by atoms with van der Waals surface area (Å²) in [5.41, 5.74) is 5.05. The molecular formula is C18H13ClN4. The number of halogens is 1. The van der Waals surface area contributed by atoms with E-state index >= 15 is 0 Å². The van der Waals surface area contributed by atoms with Crippen molar-refractivity contribution < 1.29 is 0 Å². The topological polar surface area (TPSA) is 53.6 Å². The summed E-state index contributed by atoms with van der Waals surface area (Å²) in [4.78, 5) is 11.7. The van der Waals surface area contributed by atoms with Gasteiger partial charge in [0.2, 0.25) is 5.95 Å². The molecule has 4 rings (SSSR count). The molecule has 0 radical (unpaired) electrons. The Bertz CT molecular complexity index is 946. The summed E-state index contributed by atoms with van der Waals surface area (Å²) in [6.45, 7) is 0. The van der Waals surface area contributed by atoms with E-state index in [1.54, 1.807) is 12.4 Å². The summed E-state index contributed by atoms with van der Waals surface area (Å²) in [7, 11) is 0. The molecule has 0 saturated carbocycles. The molecule has 0 aliphatic carbocycles. The third-order valence-electron chi connectivity index (χ3n) is 3.61. The fourth-order valence-electron chi connectivity index (χ4n) is 2.47. The van der Waals surface area contributed by atoms with E-state index in [2.05, 4.69) is 32.4 Å². The van der Waals surface area contributed by atoms with Crippen molar-refractivity contribution in [3.8, 4) is 11.1 Å². The normalized spacial score (nSPS) is 10.8. The minimum absolute atomic E-state index is 0.689. The molecule has 0 aliphatic rings. The van der Waals surface area contributed by atoms with E-state index < -0.39 is 0 Å². The predicted octanol–water partition coefficient (Wildman–Crippen LogP) is 5.02. The number of hydrogen-bond acceptors (Lipinski definition) is 3. The van der Waals surface area contributed by atoms with Crippen LogP contribution in [0.1, 0.15) is 0 Å². The first-order valence-electron chi connectivity index (χ1n) is 7.21. The number of nitrogens with one attached hydrogen (secondary N) is 2. The SMILES string of the molecule is Clc1ccc2nc(Nc3ccc(-c4ccncc4)cc3)[nH]c2c1. The van der Waals surface area contributed by atoms with Crippen molar-refractivity contribution >= 4 is 34.3 Å². The summed E-state index contributed by atoms with van der Waals surface area (Å²) >= 11 is 5.99. The average Bonchev–Trinajstić information content (AvgIpc) is 2.97. The molecule has 2 N–H and O–H groups in total. The second kappa shape index (κ2) is 5.74. The van der Waals surface area contributed by atoms with Gasteiger partial charge in [-0.05, 0) is 53.6 Å². The highest BCUT2D eigenvalue weighted by atomic mass is 35.5. The molecule has 0 unspecified atom stereocenters. The molecule has 0 saturated heterocycles. The summed E-state index contributed by atoms with van der Waals surface area (Å²) in [5, 5.41) is 3.96. The molecule has 0 fully saturated rings. The zero-order valence-electron chi connectivity index (χ0n) is 12.1. The third kappa shape index (κ3) is 2.89. The minimum atomic E-state index is 0.689. The van der Waals surface area contributed by atoms with Crippen molar-refractivity contribution in [2.24, 2.45) is 0 Å². The molecule has 0 spiro atoms. The smallest absolute Gasteiger partial charge is 0.205 e. The number of benzene rings is 2. The Morgan fingerprint density at radius 3 is 2.39 bits per heavy atom. The van der Waals surface area contributed by atoms with Crippen LogP contribution in [0.5, 0.6) is 0 Å². The van der Waals surface area contributed by atoms with Gasteiger partial charge in [0.1, 0.15) is 0 Å². The summed E-state index contributed by atoms with van der Waals surface area (Å²) < 4.78 is 0. The van der Waals surface area contributed by atoms with Crippen LogP contribution < -0.4 is 5.32 Å². The van der Waals surface area contributed by atoms with Gasteiger partial charge < -0.3 is 10.3 Å². The molecule has 2 heterocycles. The summed E-state index contributed by atoms with van der Waals surface area (Å²) in [5.74, 6) is 0.693. The van der Waals surface area contributed by atoms with Crippen molar-refractivity contribution in [3.63, 3.8) is 0 Å². The van der Waals surface area contributed by atoms with Crippen LogP contribution in [0.2, 0.25) is 5.02 Å². The Balaban J connectivity index is 1.58. The van der Waals surface area contributed by atoms with Crippen molar-refractivity contribution in [3.05, 3.63) is 72.0 Å². The summed E-state index contributed by atoms with van der Waals surface area (Å²) in [6, 6.07) is 17.8. The van der Waals surface area contributed by atoms with Crippen molar-refractivity contribution in [1.29, 1.82) is 0 Å². The molecule has 2 aromatic carbocycles. The van der Waals surface area contributed by atoms with Gasteiger partial charge in [0.25, 0.3) is 0 Å². The van der Waals surface area contributed by atoms with Gasteiger partial charge in [0, 0.05) is 23.1 Å². The second-order valence-corrected chi connectivity index (χ2v) is 5.62. The Labute approximate surface area is 138 Å². The van der Waals surface area contributed by atoms with Crippen LogP contribution in [0.25, 0.3) is 22.2 Å². The zero-order chi connectivity index (χ0) is 15.6. The van der Waals surface area contributed by atoms with Crippen LogP contribution in [-0.2, 0) is 0 Å². The van der Waals surface area contributed by atoms with E-state index in [1.165, 1.54) is 0 Å². The first-order chi connectivity index (χ1) is 11.3. The van der Waals surface area contributed by atoms with E-state index in [0.717, 1.165) is 27.8 Å². The van der Waals surface area contributed by atoms with Crippen molar-refractivity contribution in [1.82, 2.24) is 15.0 Å². The number of hydrogen-bond donors (Lipinski definition) is 2. The lowest BCUT2D eigenvalue weighted by molar-refractivity contribution is 1.31. The number of nitrogens with zero attached hydrogens (tertiary/aromatic N) is 2. The number of aromatic amines is 1. The number of rotatable bonds is 3. The van der Waals surface area contributed by atoms with Crippen LogP contribution in [-0.4, -0.2) is 15.0 Å². The molecule has 2 aromatic heterocycles. The van der Waals surface area contributed by atoms with Crippen LogP contribution in [0.3, 0.4) is 0 Å². The largest absolute Gasteiger partial charge is 0.326 e. The highest BCUT2D eigenvalue weighted by Crippen LogP contribution is 2.24. The first kappa shape index (κ1) is 13.8. The lowest BCUT2D eigenvalue weighted by atomic mass is 10.1. The third-order valence-corrected chi connectivity index (χ3v) is 3.84. The van der Waals surface area contributed by atoms with E-state index in [4.69, 9.17) is 11.6 Å². The fraction of sp³-hybridized carbons (Fsp3) is 0. The Kier molecular flexibility index (Phi) is 3.44. The van der Waals surface area contributed by atoms with Gasteiger partial charge in [-0.2, -0.15) is 0 Å². The number of pyridine rings is 1. The molecule has 4 aromatic rings. The van der Waals surface area contributed by atoms with Crippen LogP contribution in [0.4, 0.5) is 11.6 Å². The monoisotopic (exact) mass is 320 g/mol. The zero-order valence-corrected chi connectivity index (χ0v) is 12.9. The maximum absolute atomic E-state index is 5.99. The van der Waals surface area contributed by atoms with Crippen molar-refractivity contribution in [2.75, 3.05) is 5.32 Å². The molecule has 4 nitrogen and oxygen atoms in total. The number of imidazole rings is 1. The first-order valence-corrected chi connectivity index (χ1v) is 7.58. The van der Waals surface area contributed by atoms with Crippen LogP contribution in [0.15, 0.2) is 67.0 Å². The standard InChI is InChI=1S/C18H13ClN4/c19-14-3-6-16-17(11-14)23-18(22-16)21-15-4-1-12(2-5-15)13-7-9-20-10-8-13/h1-11H,(H2,21,22,23). The highest BCUT2D eigenvalue weighted by molar-refractivity contribution is 6.31.